The summed E-state index contributed by atoms with van der Waals surface area (Å²) in [5.41, 5.74) is -0.205. The highest BCUT2D eigenvalue weighted by molar-refractivity contribution is 5.79. The minimum Gasteiger partial charge on any atom is -0.367 e. The van der Waals surface area contributed by atoms with Gasteiger partial charge in [-0.1, -0.05) is 0 Å². The number of halogens is 1. The van der Waals surface area contributed by atoms with Gasteiger partial charge in [-0.25, -0.2) is 9.37 Å². The van der Waals surface area contributed by atoms with Gasteiger partial charge in [-0.3, -0.25) is 4.79 Å². The largest absolute Gasteiger partial charge is 0.367 e. The van der Waals surface area contributed by atoms with Gasteiger partial charge in [0.2, 0.25) is 6.29 Å². The van der Waals surface area contributed by atoms with E-state index in [0.717, 1.165) is 0 Å². The highest BCUT2D eigenvalue weighted by Crippen LogP contribution is 2.53. The Kier molecular flexibility index (Phi) is 2.79. The van der Waals surface area contributed by atoms with Crippen molar-refractivity contribution in [2.24, 2.45) is 0 Å². The summed E-state index contributed by atoms with van der Waals surface area (Å²) in [6.45, 7) is 0. The summed E-state index contributed by atoms with van der Waals surface area (Å²) in [6, 6.07) is 1.68. The Morgan fingerprint density at radius 3 is 2.79 bits per heavy atom. The number of carbonyl (C=O) groups is 1. The SMILES string of the molecule is COC(OC)c1nc2c(cc1C=O)C1(F)CC(C1)N2. The van der Waals surface area contributed by atoms with E-state index in [1.165, 1.54) is 14.2 Å². The number of ether oxygens (including phenoxy) is 2. The van der Waals surface area contributed by atoms with Crippen LogP contribution in [0, 0.1) is 0 Å². The molecule has 0 amide bonds. The number of anilines is 1. The number of methoxy groups -OCH3 is 2. The van der Waals surface area contributed by atoms with Crippen molar-refractivity contribution in [3.63, 3.8) is 0 Å². The van der Waals surface area contributed by atoms with Gasteiger partial charge in [-0.15, -0.1) is 0 Å². The third-order valence-electron chi connectivity index (χ3n) is 3.82. The first-order valence-corrected chi connectivity index (χ1v) is 6.13. The molecule has 3 aliphatic rings. The number of hydrogen-bond acceptors (Lipinski definition) is 5. The van der Waals surface area contributed by atoms with Gasteiger partial charge in [0.1, 0.15) is 17.2 Å². The molecule has 0 radical (unpaired) electrons. The highest BCUT2D eigenvalue weighted by Gasteiger charge is 2.52. The van der Waals surface area contributed by atoms with Crippen LogP contribution in [-0.2, 0) is 15.1 Å². The fraction of sp³-hybridized carbons (Fsp3) is 0.538. The van der Waals surface area contributed by atoms with E-state index in [9.17, 15) is 9.18 Å². The normalized spacial score (nSPS) is 27.5. The molecule has 0 saturated heterocycles. The van der Waals surface area contributed by atoms with E-state index >= 15 is 0 Å². The van der Waals surface area contributed by atoms with Gasteiger partial charge in [0, 0.05) is 44.2 Å². The van der Waals surface area contributed by atoms with Crippen LogP contribution in [0.5, 0.6) is 0 Å². The minimum atomic E-state index is -1.34. The zero-order valence-electron chi connectivity index (χ0n) is 10.8. The standard InChI is InChI=1S/C13H15FN2O3/c1-18-12(19-2)10-7(6-17)3-9-11(16-10)15-8-4-13(9,14)5-8/h3,6,8,12H,4-5H2,1-2H3,(H,15,16). The predicted octanol–water partition coefficient (Wildman–Crippen LogP) is 1.94. The van der Waals surface area contributed by atoms with Crippen LogP contribution in [0.15, 0.2) is 6.07 Å². The average Bonchev–Trinajstić information content (AvgIpc) is 2.38. The first-order chi connectivity index (χ1) is 9.11. The van der Waals surface area contributed by atoms with Crippen molar-refractivity contribution in [3.8, 4) is 0 Å². The molecular formula is C13H15FN2O3. The molecule has 1 aromatic rings. The van der Waals surface area contributed by atoms with Crippen molar-refractivity contribution in [1.29, 1.82) is 0 Å². The lowest BCUT2D eigenvalue weighted by atomic mass is 9.69. The lowest BCUT2D eigenvalue weighted by Gasteiger charge is -2.48. The molecule has 0 aromatic carbocycles. The zero-order chi connectivity index (χ0) is 13.6. The van der Waals surface area contributed by atoms with Gasteiger partial charge in [-0.05, 0) is 6.07 Å². The van der Waals surface area contributed by atoms with E-state index in [1.54, 1.807) is 6.07 Å². The smallest absolute Gasteiger partial charge is 0.201 e. The molecule has 1 fully saturated rings. The first kappa shape index (κ1) is 12.5. The quantitative estimate of drug-likeness (QED) is 0.666. The molecule has 4 rings (SSSR count). The van der Waals surface area contributed by atoms with E-state index in [1.807, 2.05) is 0 Å². The molecule has 102 valence electrons. The third kappa shape index (κ3) is 1.74. The Morgan fingerprint density at radius 1 is 1.53 bits per heavy atom. The topological polar surface area (TPSA) is 60.5 Å². The molecule has 0 spiro atoms. The first-order valence-electron chi connectivity index (χ1n) is 6.13. The summed E-state index contributed by atoms with van der Waals surface area (Å²) in [6.07, 6.45) is 0.803. The van der Waals surface area contributed by atoms with Crippen LogP contribution < -0.4 is 5.32 Å². The fourth-order valence-electron chi connectivity index (χ4n) is 2.83. The van der Waals surface area contributed by atoms with Crippen LogP contribution in [0.4, 0.5) is 10.2 Å². The summed E-state index contributed by atoms with van der Waals surface area (Å²) < 4.78 is 24.7. The summed E-state index contributed by atoms with van der Waals surface area (Å²) in [7, 11) is 2.93. The molecular weight excluding hydrogens is 251 g/mol. The molecule has 6 heteroatoms. The summed E-state index contributed by atoms with van der Waals surface area (Å²) in [5, 5.41) is 3.17. The van der Waals surface area contributed by atoms with Gasteiger partial charge >= 0.3 is 0 Å². The Balaban J connectivity index is 2.11. The molecule has 0 unspecified atom stereocenters. The van der Waals surface area contributed by atoms with E-state index in [2.05, 4.69) is 10.3 Å². The number of carbonyl (C=O) groups excluding carboxylic acids is 1. The van der Waals surface area contributed by atoms with Crippen molar-refractivity contribution in [2.75, 3.05) is 19.5 Å². The number of hydrogen-bond donors (Lipinski definition) is 1. The minimum absolute atomic E-state index is 0.128. The number of aromatic nitrogens is 1. The van der Waals surface area contributed by atoms with Crippen LogP contribution in [0.1, 0.15) is 40.7 Å². The second kappa shape index (κ2) is 4.25. The maximum Gasteiger partial charge on any atom is 0.201 e. The second-order valence-corrected chi connectivity index (χ2v) is 5.00. The Hall–Kier alpha value is -1.53. The van der Waals surface area contributed by atoms with Gasteiger partial charge in [-0.2, -0.15) is 0 Å². The molecule has 19 heavy (non-hydrogen) atoms. The summed E-state index contributed by atoms with van der Waals surface area (Å²) >= 11 is 0. The number of alkyl halides is 1. The van der Waals surface area contributed by atoms with E-state index in [4.69, 9.17) is 9.47 Å². The molecule has 0 atom stereocenters. The van der Waals surface area contributed by atoms with Crippen molar-refractivity contribution in [3.05, 3.63) is 22.9 Å². The van der Waals surface area contributed by atoms with Crippen LogP contribution >= 0.6 is 0 Å². The van der Waals surface area contributed by atoms with Gasteiger partial charge in [0.15, 0.2) is 6.29 Å². The van der Waals surface area contributed by atoms with Crippen LogP contribution in [0.25, 0.3) is 0 Å². The Morgan fingerprint density at radius 2 is 2.21 bits per heavy atom. The third-order valence-corrected chi connectivity index (χ3v) is 3.82. The van der Waals surface area contributed by atoms with E-state index in [0.29, 0.717) is 41.8 Å². The predicted molar refractivity (Wildman–Crippen MR) is 65.8 cm³/mol. The fourth-order valence-corrected chi connectivity index (χ4v) is 2.83. The van der Waals surface area contributed by atoms with Crippen LogP contribution in [-0.4, -0.2) is 31.5 Å². The van der Waals surface area contributed by atoms with E-state index in [-0.39, 0.29) is 6.04 Å². The number of aldehydes is 1. The summed E-state index contributed by atoms with van der Waals surface area (Å²) in [5.74, 6) is 0.490. The Bertz CT molecular complexity index is 525. The van der Waals surface area contributed by atoms with Crippen molar-refractivity contribution >= 4 is 12.1 Å². The number of nitrogens with zero attached hydrogens (tertiary/aromatic N) is 1. The Labute approximate surface area is 110 Å². The lowest BCUT2D eigenvalue weighted by Crippen LogP contribution is -2.50. The van der Waals surface area contributed by atoms with Crippen molar-refractivity contribution < 1.29 is 18.7 Å². The second-order valence-electron chi connectivity index (χ2n) is 5.00. The lowest BCUT2D eigenvalue weighted by molar-refractivity contribution is -0.108. The van der Waals surface area contributed by atoms with Gasteiger partial charge < -0.3 is 14.8 Å². The number of pyridine rings is 1. The zero-order valence-corrected chi connectivity index (χ0v) is 10.8. The molecule has 1 aromatic heterocycles. The highest BCUT2D eigenvalue weighted by atomic mass is 19.1. The van der Waals surface area contributed by atoms with Gasteiger partial charge in [0.25, 0.3) is 0 Å². The maximum absolute atomic E-state index is 14.5. The molecule has 2 aliphatic heterocycles. The number of rotatable bonds is 4. The molecule has 2 bridgehead atoms. The molecule has 1 N–H and O–H groups in total. The van der Waals surface area contributed by atoms with Crippen molar-refractivity contribution in [1.82, 2.24) is 4.98 Å². The van der Waals surface area contributed by atoms with Crippen LogP contribution in [0.3, 0.4) is 0 Å². The maximum atomic E-state index is 14.5. The average molecular weight is 266 g/mol. The molecule has 1 saturated carbocycles. The molecule has 1 aliphatic carbocycles. The monoisotopic (exact) mass is 266 g/mol. The van der Waals surface area contributed by atoms with Gasteiger partial charge in [0.05, 0.1) is 0 Å². The number of nitrogens with one attached hydrogen (secondary N) is 1. The molecule has 5 nitrogen and oxygen atoms in total. The summed E-state index contributed by atoms with van der Waals surface area (Å²) in [4.78, 5) is 15.5. The van der Waals surface area contributed by atoms with E-state index < -0.39 is 12.0 Å². The van der Waals surface area contributed by atoms with Crippen molar-refractivity contribution in [2.45, 2.75) is 30.8 Å². The molecule has 3 heterocycles. The van der Waals surface area contributed by atoms with Crippen LogP contribution in [0.2, 0.25) is 0 Å².